The quantitative estimate of drug-likeness (QED) is 0.571. The number of aryl methyl sites for hydroxylation is 1. The molecule has 0 spiro atoms. The first-order valence-corrected chi connectivity index (χ1v) is 10.7. The van der Waals surface area contributed by atoms with E-state index in [0.717, 1.165) is 57.3 Å². The number of guanidine groups is 1. The highest BCUT2D eigenvalue weighted by Crippen LogP contribution is 2.21. The molecule has 2 atom stereocenters. The van der Waals surface area contributed by atoms with Crippen LogP contribution in [0.4, 0.5) is 0 Å². The minimum atomic E-state index is 0.0471. The zero-order valence-corrected chi connectivity index (χ0v) is 18.0. The number of piperazine rings is 1. The lowest BCUT2D eigenvalue weighted by molar-refractivity contribution is -0.00809. The first kappa shape index (κ1) is 21.1. The van der Waals surface area contributed by atoms with Gasteiger partial charge in [0.25, 0.3) is 0 Å². The number of hydrogen-bond donors (Lipinski definition) is 1. The molecule has 1 N–H and O–H groups in total. The van der Waals surface area contributed by atoms with Crippen LogP contribution in [0.25, 0.3) is 0 Å². The maximum atomic E-state index is 5.99. The molecule has 2 unspecified atom stereocenters. The van der Waals surface area contributed by atoms with Crippen LogP contribution in [-0.2, 0) is 11.8 Å². The van der Waals surface area contributed by atoms with Gasteiger partial charge in [-0.3, -0.25) is 14.6 Å². The van der Waals surface area contributed by atoms with E-state index in [1.165, 1.54) is 13.1 Å². The third-order valence-corrected chi connectivity index (χ3v) is 5.78. The first-order chi connectivity index (χ1) is 13.6. The van der Waals surface area contributed by atoms with Crippen LogP contribution >= 0.6 is 0 Å². The fraction of sp³-hybridized carbons (Fsp3) is 0.800. The van der Waals surface area contributed by atoms with Gasteiger partial charge in [-0.2, -0.15) is 5.10 Å². The van der Waals surface area contributed by atoms with Gasteiger partial charge in [-0.1, -0.05) is 6.92 Å². The van der Waals surface area contributed by atoms with Crippen molar-refractivity contribution in [3.8, 4) is 0 Å². The van der Waals surface area contributed by atoms with E-state index in [0.29, 0.717) is 12.6 Å². The summed E-state index contributed by atoms with van der Waals surface area (Å²) in [7, 11) is 1.94. The number of nitrogens with one attached hydrogen (secondary N) is 1. The van der Waals surface area contributed by atoms with Crippen molar-refractivity contribution in [2.24, 2.45) is 12.0 Å². The Morgan fingerprint density at radius 3 is 2.71 bits per heavy atom. The second-order valence-electron chi connectivity index (χ2n) is 7.77. The zero-order chi connectivity index (χ0) is 19.9. The van der Waals surface area contributed by atoms with Crippen molar-refractivity contribution in [2.45, 2.75) is 32.9 Å². The van der Waals surface area contributed by atoms with E-state index in [1.54, 1.807) is 0 Å². The average molecular weight is 392 g/mol. The van der Waals surface area contributed by atoms with Gasteiger partial charge < -0.3 is 19.9 Å². The molecule has 0 aromatic carbocycles. The molecule has 1 aromatic rings. The Labute approximate surface area is 169 Å². The number of aromatic nitrogens is 2. The fourth-order valence-electron chi connectivity index (χ4n) is 3.93. The van der Waals surface area contributed by atoms with Crippen LogP contribution in [0.5, 0.6) is 0 Å². The highest BCUT2D eigenvalue weighted by molar-refractivity contribution is 5.80. The Morgan fingerprint density at radius 1 is 1.29 bits per heavy atom. The van der Waals surface area contributed by atoms with Crippen LogP contribution in [0.15, 0.2) is 17.4 Å². The van der Waals surface area contributed by atoms with Gasteiger partial charge in [0.1, 0.15) is 6.10 Å². The number of morpholine rings is 1. The standard InChI is InChI=1S/C20H37N7O/c1-5-21-20(22-13-17(3)26-9-7-25(6-2)8-10-26)27-11-12-28-19(16-27)18-14-23-24(4)15-18/h14-15,17,19H,5-13,16H2,1-4H3,(H,21,22). The number of aliphatic imine (C=N–C) groups is 1. The molecule has 3 rings (SSSR count). The SMILES string of the molecule is CCNC(=NCC(C)N1CCN(CC)CC1)N1CCOC(c2cnn(C)c2)C1. The monoisotopic (exact) mass is 391 g/mol. The first-order valence-electron chi connectivity index (χ1n) is 10.7. The Morgan fingerprint density at radius 2 is 2.07 bits per heavy atom. The molecule has 8 heteroatoms. The number of ether oxygens (including phenoxy) is 1. The lowest BCUT2D eigenvalue weighted by atomic mass is 10.1. The summed E-state index contributed by atoms with van der Waals surface area (Å²) in [5, 5.41) is 7.76. The molecule has 2 aliphatic heterocycles. The van der Waals surface area contributed by atoms with Crippen LogP contribution in [0, 0.1) is 0 Å². The minimum Gasteiger partial charge on any atom is -0.370 e. The molecule has 0 saturated carbocycles. The Hall–Kier alpha value is -1.64. The summed E-state index contributed by atoms with van der Waals surface area (Å²) in [5.74, 6) is 0.999. The third-order valence-electron chi connectivity index (χ3n) is 5.78. The summed E-state index contributed by atoms with van der Waals surface area (Å²) in [6.07, 6.45) is 3.98. The summed E-state index contributed by atoms with van der Waals surface area (Å²) in [6, 6.07) is 0.461. The van der Waals surface area contributed by atoms with Crippen molar-refractivity contribution in [3.63, 3.8) is 0 Å². The van der Waals surface area contributed by atoms with Crippen LogP contribution in [0.2, 0.25) is 0 Å². The molecule has 3 heterocycles. The Bertz CT molecular complexity index is 624. The van der Waals surface area contributed by atoms with Gasteiger partial charge >= 0.3 is 0 Å². The highest BCUT2D eigenvalue weighted by atomic mass is 16.5. The van der Waals surface area contributed by atoms with Crippen LogP contribution in [0.1, 0.15) is 32.4 Å². The molecule has 0 amide bonds. The smallest absolute Gasteiger partial charge is 0.194 e. The lowest BCUT2D eigenvalue weighted by Crippen LogP contribution is -2.51. The van der Waals surface area contributed by atoms with Crippen LogP contribution in [0.3, 0.4) is 0 Å². The lowest BCUT2D eigenvalue weighted by Gasteiger charge is -2.38. The zero-order valence-electron chi connectivity index (χ0n) is 18.0. The van der Waals surface area contributed by atoms with E-state index in [2.05, 4.69) is 45.9 Å². The van der Waals surface area contributed by atoms with Crippen molar-refractivity contribution in [2.75, 3.05) is 65.5 Å². The van der Waals surface area contributed by atoms with Gasteiger partial charge in [0.15, 0.2) is 5.96 Å². The molecule has 2 saturated heterocycles. The number of rotatable bonds is 6. The second-order valence-corrected chi connectivity index (χ2v) is 7.77. The molecular weight excluding hydrogens is 354 g/mol. The minimum absolute atomic E-state index is 0.0471. The Balaban J connectivity index is 1.58. The molecule has 0 bridgehead atoms. The van der Waals surface area contributed by atoms with Gasteiger partial charge in [0.05, 0.1) is 25.9 Å². The molecule has 2 aliphatic rings. The van der Waals surface area contributed by atoms with E-state index >= 15 is 0 Å². The molecule has 158 valence electrons. The molecule has 0 radical (unpaired) electrons. The van der Waals surface area contributed by atoms with Crippen molar-refractivity contribution in [3.05, 3.63) is 18.0 Å². The predicted octanol–water partition coefficient (Wildman–Crippen LogP) is 0.785. The highest BCUT2D eigenvalue weighted by Gasteiger charge is 2.26. The molecule has 2 fully saturated rings. The maximum absolute atomic E-state index is 5.99. The van der Waals surface area contributed by atoms with Crippen molar-refractivity contribution >= 4 is 5.96 Å². The third kappa shape index (κ3) is 5.46. The summed E-state index contributed by atoms with van der Waals surface area (Å²) >= 11 is 0. The molecule has 28 heavy (non-hydrogen) atoms. The van der Waals surface area contributed by atoms with E-state index in [-0.39, 0.29) is 6.10 Å². The van der Waals surface area contributed by atoms with Gasteiger partial charge in [-0.05, 0) is 20.4 Å². The number of hydrogen-bond acceptors (Lipinski definition) is 5. The van der Waals surface area contributed by atoms with E-state index in [1.807, 2.05) is 24.1 Å². The summed E-state index contributed by atoms with van der Waals surface area (Å²) in [5.41, 5.74) is 1.13. The van der Waals surface area contributed by atoms with Crippen molar-refractivity contribution < 1.29 is 4.74 Å². The van der Waals surface area contributed by atoms with E-state index in [9.17, 15) is 0 Å². The van der Waals surface area contributed by atoms with E-state index < -0.39 is 0 Å². The van der Waals surface area contributed by atoms with Crippen molar-refractivity contribution in [1.82, 2.24) is 29.8 Å². The van der Waals surface area contributed by atoms with Gasteiger partial charge in [-0.15, -0.1) is 0 Å². The van der Waals surface area contributed by atoms with Gasteiger partial charge in [0, 0.05) is 64.1 Å². The van der Waals surface area contributed by atoms with Crippen molar-refractivity contribution in [1.29, 1.82) is 0 Å². The van der Waals surface area contributed by atoms with Crippen LogP contribution in [-0.4, -0.2) is 102 Å². The largest absolute Gasteiger partial charge is 0.370 e. The fourth-order valence-corrected chi connectivity index (χ4v) is 3.93. The van der Waals surface area contributed by atoms with Crippen LogP contribution < -0.4 is 5.32 Å². The van der Waals surface area contributed by atoms with Gasteiger partial charge in [-0.25, -0.2) is 0 Å². The topological polar surface area (TPSA) is 61.2 Å². The molecule has 8 nitrogen and oxygen atoms in total. The molecular formula is C20H37N7O. The predicted molar refractivity (Wildman–Crippen MR) is 113 cm³/mol. The molecule has 1 aromatic heterocycles. The second kappa shape index (κ2) is 10.2. The normalized spacial score (nSPS) is 23.8. The van der Waals surface area contributed by atoms with E-state index in [4.69, 9.17) is 9.73 Å². The molecule has 0 aliphatic carbocycles. The Kier molecular flexibility index (Phi) is 7.70. The summed E-state index contributed by atoms with van der Waals surface area (Å²) < 4.78 is 7.82. The summed E-state index contributed by atoms with van der Waals surface area (Å²) in [4.78, 5) is 12.4. The number of nitrogens with zero attached hydrogens (tertiary/aromatic N) is 6. The van der Waals surface area contributed by atoms with Gasteiger partial charge in [0.2, 0.25) is 0 Å². The number of likely N-dealkylation sites (N-methyl/N-ethyl adjacent to an activating group) is 1. The average Bonchev–Trinajstić information content (AvgIpc) is 3.17. The maximum Gasteiger partial charge on any atom is 0.194 e. The summed E-state index contributed by atoms with van der Waals surface area (Å²) in [6.45, 7) is 16.5.